The maximum Gasteiger partial charge on any atom is 0.255 e. The monoisotopic (exact) mass is 344 g/mol. The van der Waals surface area contributed by atoms with E-state index in [4.69, 9.17) is 5.73 Å². The summed E-state index contributed by atoms with van der Waals surface area (Å²) in [4.78, 5) is 39.7. The lowest BCUT2D eigenvalue weighted by Gasteiger charge is -2.16. The maximum absolute atomic E-state index is 12.3. The van der Waals surface area contributed by atoms with Crippen molar-refractivity contribution in [3.8, 4) is 11.6 Å². The fourth-order valence-corrected chi connectivity index (χ4v) is 2.48. The van der Waals surface area contributed by atoms with Crippen LogP contribution >= 0.6 is 0 Å². The first-order chi connectivity index (χ1) is 12.0. The van der Waals surface area contributed by atoms with E-state index in [0.717, 1.165) is 19.3 Å². The number of unbranched alkanes of at least 4 members (excludes halogenated alkanes) is 1. The van der Waals surface area contributed by atoms with Crippen molar-refractivity contribution in [1.82, 2.24) is 25.3 Å². The summed E-state index contributed by atoms with van der Waals surface area (Å²) < 4.78 is 0. The van der Waals surface area contributed by atoms with Crippen LogP contribution in [0.25, 0.3) is 11.6 Å². The zero-order valence-corrected chi connectivity index (χ0v) is 14.6. The van der Waals surface area contributed by atoms with Gasteiger partial charge in [0.05, 0.1) is 6.42 Å². The van der Waals surface area contributed by atoms with E-state index in [9.17, 15) is 9.59 Å². The third-order valence-corrected chi connectivity index (χ3v) is 3.89. The molecule has 4 N–H and O–H groups in total. The van der Waals surface area contributed by atoms with Crippen LogP contribution in [0.15, 0.2) is 23.3 Å². The number of carbonyl (C=O) groups excluding carboxylic acids is 1. The first kappa shape index (κ1) is 18.7. The average Bonchev–Trinajstić information content (AvgIpc) is 2.62. The first-order valence-electron chi connectivity index (χ1n) is 8.41. The van der Waals surface area contributed by atoms with E-state index in [0.29, 0.717) is 23.6 Å². The third-order valence-electron chi connectivity index (χ3n) is 3.89. The molecule has 0 aliphatic carbocycles. The SMILES string of the molecule is CCCCC(CN)NC(=O)Cc1c(C)nc(-c2ncccn2)[nH]c1=O. The molecule has 0 aromatic carbocycles. The molecule has 0 saturated heterocycles. The lowest BCUT2D eigenvalue weighted by Crippen LogP contribution is -2.41. The molecular formula is C17H24N6O2. The Kier molecular flexibility index (Phi) is 6.76. The highest BCUT2D eigenvalue weighted by atomic mass is 16.2. The average molecular weight is 344 g/mol. The normalized spacial score (nSPS) is 12.0. The van der Waals surface area contributed by atoms with Crippen LogP contribution in [0.1, 0.15) is 37.4 Å². The van der Waals surface area contributed by atoms with Gasteiger partial charge in [-0.2, -0.15) is 0 Å². The Morgan fingerprint density at radius 1 is 1.36 bits per heavy atom. The summed E-state index contributed by atoms with van der Waals surface area (Å²) in [7, 11) is 0. The van der Waals surface area contributed by atoms with E-state index in [2.05, 4.69) is 32.2 Å². The minimum absolute atomic E-state index is 0.0350. The van der Waals surface area contributed by atoms with Crippen LogP contribution in [0.2, 0.25) is 0 Å². The third kappa shape index (κ3) is 5.18. The molecule has 2 aromatic heterocycles. The number of nitrogens with zero attached hydrogens (tertiary/aromatic N) is 3. The predicted molar refractivity (Wildman–Crippen MR) is 94.8 cm³/mol. The molecule has 0 aliphatic heterocycles. The number of hydrogen-bond acceptors (Lipinski definition) is 6. The summed E-state index contributed by atoms with van der Waals surface area (Å²) in [6.45, 7) is 4.16. The van der Waals surface area contributed by atoms with Gasteiger partial charge < -0.3 is 16.0 Å². The highest BCUT2D eigenvalue weighted by molar-refractivity contribution is 5.79. The van der Waals surface area contributed by atoms with Crippen LogP contribution in [0.5, 0.6) is 0 Å². The highest BCUT2D eigenvalue weighted by Gasteiger charge is 2.16. The molecule has 8 nitrogen and oxygen atoms in total. The van der Waals surface area contributed by atoms with Crippen molar-refractivity contribution in [2.24, 2.45) is 5.73 Å². The summed E-state index contributed by atoms with van der Waals surface area (Å²) in [6, 6.07) is 1.61. The van der Waals surface area contributed by atoms with E-state index >= 15 is 0 Å². The molecule has 2 rings (SSSR count). The van der Waals surface area contributed by atoms with Gasteiger partial charge in [-0.05, 0) is 19.4 Å². The molecule has 1 atom stereocenters. The zero-order chi connectivity index (χ0) is 18.2. The number of aryl methyl sites for hydroxylation is 1. The molecule has 8 heteroatoms. The maximum atomic E-state index is 12.3. The molecule has 25 heavy (non-hydrogen) atoms. The fourth-order valence-electron chi connectivity index (χ4n) is 2.48. The zero-order valence-electron chi connectivity index (χ0n) is 14.6. The van der Waals surface area contributed by atoms with Gasteiger partial charge in [-0.25, -0.2) is 15.0 Å². The van der Waals surface area contributed by atoms with Gasteiger partial charge in [0.1, 0.15) is 0 Å². The molecule has 0 saturated carbocycles. The lowest BCUT2D eigenvalue weighted by atomic mass is 10.1. The largest absolute Gasteiger partial charge is 0.352 e. The number of amides is 1. The van der Waals surface area contributed by atoms with Gasteiger partial charge in [0.25, 0.3) is 5.56 Å². The number of aromatic nitrogens is 4. The number of hydrogen-bond donors (Lipinski definition) is 3. The molecule has 1 amide bonds. The molecule has 0 spiro atoms. The lowest BCUT2D eigenvalue weighted by molar-refractivity contribution is -0.121. The van der Waals surface area contributed by atoms with Crippen molar-refractivity contribution in [2.45, 2.75) is 45.6 Å². The smallest absolute Gasteiger partial charge is 0.255 e. The van der Waals surface area contributed by atoms with E-state index in [1.807, 2.05) is 0 Å². The molecule has 0 radical (unpaired) electrons. The van der Waals surface area contributed by atoms with Crippen LogP contribution in [-0.2, 0) is 11.2 Å². The summed E-state index contributed by atoms with van der Waals surface area (Å²) in [5, 5.41) is 2.88. The minimum atomic E-state index is -0.358. The molecule has 134 valence electrons. The Balaban J connectivity index is 2.12. The molecule has 0 aliphatic rings. The molecule has 2 aromatic rings. The Labute approximate surface area is 146 Å². The summed E-state index contributed by atoms with van der Waals surface area (Å²) in [5.41, 5.74) is 6.15. The Bertz CT molecular complexity index is 759. The van der Waals surface area contributed by atoms with Crippen molar-refractivity contribution in [2.75, 3.05) is 6.54 Å². The fraction of sp³-hybridized carbons (Fsp3) is 0.471. The first-order valence-corrected chi connectivity index (χ1v) is 8.41. The van der Waals surface area contributed by atoms with Gasteiger partial charge in [0, 0.05) is 36.2 Å². The van der Waals surface area contributed by atoms with Gasteiger partial charge in [0.15, 0.2) is 11.6 Å². The predicted octanol–water partition coefficient (Wildman–Crippen LogP) is 0.712. The van der Waals surface area contributed by atoms with E-state index in [1.165, 1.54) is 0 Å². The van der Waals surface area contributed by atoms with Gasteiger partial charge in [-0.1, -0.05) is 19.8 Å². The van der Waals surface area contributed by atoms with Crippen LogP contribution in [0.4, 0.5) is 0 Å². The van der Waals surface area contributed by atoms with Crippen LogP contribution in [0, 0.1) is 6.92 Å². The van der Waals surface area contributed by atoms with Gasteiger partial charge in [-0.15, -0.1) is 0 Å². The molecule has 1 unspecified atom stereocenters. The van der Waals surface area contributed by atoms with E-state index in [1.54, 1.807) is 25.4 Å². The van der Waals surface area contributed by atoms with Crippen molar-refractivity contribution in [1.29, 1.82) is 0 Å². The second kappa shape index (κ2) is 9.03. The number of rotatable bonds is 8. The number of nitrogens with two attached hydrogens (primary N) is 1. The molecule has 0 bridgehead atoms. The number of carbonyl (C=O) groups is 1. The van der Waals surface area contributed by atoms with Crippen LogP contribution in [0.3, 0.4) is 0 Å². The van der Waals surface area contributed by atoms with Gasteiger partial charge >= 0.3 is 0 Å². The molecule has 2 heterocycles. The van der Waals surface area contributed by atoms with Crippen molar-refractivity contribution >= 4 is 5.91 Å². The van der Waals surface area contributed by atoms with Crippen LogP contribution in [-0.4, -0.2) is 38.4 Å². The van der Waals surface area contributed by atoms with E-state index < -0.39 is 0 Å². The molecular weight excluding hydrogens is 320 g/mol. The Hall–Kier alpha value is -2.61. The molecule has 0 fully saturated rings. The van der Waals surface area contributed by atoms with E-state index in [-0.39, 0.29) is 29.8 Å². The topological polar surface area (TPSA) is 127 Å². The van der Waals surface area contributed by atoms with Gasteiger partial charge in [-0.3, -0.25) is 9.59 Å². The number of H-pyrrole nitrogens is 1. The van der Waals surface area contributed by atoms with Crippen molar-refractivity contribution in [3.63, 3.8) is 0 Å². The Morgan fingerprint density at radius 3 is 2.68 bits per heavy atom. The standard InChI is InChI=1S/C17H24N6O2/c1-3-4-6-12(10-18)22-14(24)9-13-11(2)21-16(23-17(13)25)15-19-7-5-8-20-15/h5,7-8,12H,3-4,6,9-10,18H2,1-2H3,(H,22,24)(H,21,23,25). The number of aromatic amines is 1. The van der Waals surface area contributed by atoms with Gasteiger partial charge in [0.2, 0.25) is 5.91 Å². The quantitative estimate of drug-likeness (QED) is 0.647. The summed E-state index contributed by atoms with van der Waals surface area (Å²) in [6.07, 6.45) is 5.97. The summed E-state index contributed by atoms with van der Waals surface area (Å²) >= 11 is 0. The van der Waals surface area contributed by atoms with Crippen molar-refractivity contribution in [3.05, 3.63) is 40.1 Å². The Morgan fingerprint density at radius 2 is 2.08 bits per heavy atom. The summed E-state index contributed by atoms with van der Waals surface area (Å²) in [5.74, 6) is 0.391. The number of nitrogens with one attached hydrogen (secondary N) is 2. The van der Waals surface area contributed by atoms with Crippen molar-refractivity contribution < 1.29 is 4.79 Å². The van der Waals surface area contributed by atoms with Crippen LogP contribution < -0.4 is 16.6 Å². The minimum Gasteiger partial charge on any atom is -0.352 e. The highest BCUT2D eigenvalue weighted by Crippen LogP contribution is 2.09. The second-order valence-corrected chi connectivity index (χ2v) is 5.87. The second-order valence-electron chi connectivity index (χ2n) is 5.87.